The van der Waals surface area contributed by atoms with Gasteiger partial charge in [-0.05, 0) is 22.0 Å². The van der Waals surface area contributed by atoms with Crippen LogP contribution in [0, 0.1) is 0 Å². The van der Waals surface area contributed by atoms with Gasteiger partial charge in [0.2, 0.25) is 0 Å². The molecule has 2 heterocycles. The molecule has 0 bridgehead atoms. The van der Waals surface area contributed by atoms with Crippen molar-refractivity contribution >= 4 is 33.2 Å². The topological polar surface area (TPSA) is 77.0 Å². The van der Waals surface area contributed by atoms with Crippen LogP contribution in [0.4, 0.5) is 0 Å². The van der Waals surface area contributed by atoms with E-state index in [0.29, 0.717) is 25.3 Å². The maximum absolute atomic E-state index is 12.1. The summed E-state index contributed by atoms with van der Waals surface area (Å²) >= 11 is 5.00. The van der Waals surface area contributed by atoms with Gasteiger partial charge in [-0.3, -0.25) is 9.48 Å². The van der Waals surface area contributed by atoms with E-state index in [-0.39, 0.29) is 5.91 Å². The van der Waals surface area contributed by atoms with Crippen LogP contribution in [0.15, 0.2) is 22.1 Å². The summed E-state index contributed by atoms with van der Waals surface area (Å²) in [4.78, 5) is 14.9. The number of nitrogens with zero attached hydrogens (tertiary/aromatic N) is 4. The normalized spacial score (nSPS) is 10.7. The molecule has 19 heavy (non-hydrogen) atoms. The Morgan fingerprint density at radius 3 is 3.05 bits per heavy atom. The van der Waals surface area contributed by atoms with Crippen molar-refractivity contribution in [3.05, 3.63) is 32.7 Å². The van der Waals surface area contributed by atoms with Crippen LogP contribution in [0.25, 0.3) is 0 Å². The highest BCUT2D eigenvalue weighted by molar-refractivity contribution is 9.10. The number of hydrogen-bond acceptors (Lipinski definition) is 5. The molecule has 0 unspecified atom stereocenters. The van der Waals surface area contributed by atoms with E-state index in [1.165, 1.54) is 0 Å². The number of carbonyl (C=O) groups is 1. The predicted octanol–water partition coefficient (Wildman–Crippen LogP) is 1.33. The van der Waals surface area contributed by atoms with E-state index in [4.69, 9.17) is 5.73 Å². The standard InChI is InChI=1S/C11H14BrN5OS/c1-16(5-9-4-8(12)7-19-9)11(18)10-6-17(3-2-13)15-14-10/h4,6-7H,2-3,5,13H2,1H3. The van der Waals surface area contributed by atoms with Crippen LogP contribution >= 0.6 is 27.3 Å². The van der Waals surface area contributed by atoms with Gasteiger partial charge in [-0.15, -0.1) is 16.4 Å². The summed E-state index contributed by atoms with van der Waals surface area (Å²) in [6.45, 7) is 1.58. The van der Waals surface area contributed by atoms with Gasteiger partial charge >= 0.3 is 0 Å². The van der Waals surface area contributed by atoms with Crippen molar-refractivity contribution in [3.8, 4) is 0 Å². The van der Waals surface area contributed by atoms with Crippen LogP contribution in [0.5, 0.6) is 0 Å². The molecule has 0 saturated heterocycles. The van der Waals surface area contributed by atoms with Gasteiger partial charge in [-0.25, -0.2) is 0 Å². The second-order valence-corrected chi connectivity index (χ2v) is 5.96. The number of nitrogens with two attached hydrogens (primary N) is 1. The van der Waals surface area contributed by atoms with Crippen LogP contribution in [0.1, 0.15) is 15.4 Å². The maximum atomic E-state index is 12.1. The first-order valence-corrected chi connectivity index (χ1v) is 7.36. The Morgan fingerprint density at radius 2 is 2.42 bits per heavy atom. The summed E-state index contributed by atoms with van der Waals surface area (Å²) in [6, 6.07) is 2.00. The zero-order valence-electron chi connectivity index (χ0n) is 10.4. The molecule has 2 aromatic rings. The van der Waals surface area contributed by atoms with Gasteiger partial charge in [0.05, 0.1) is 19.3 Å². The highest BCUT2D eigenvalue weighted by Gasteiger charge is 2.16. The van der Waals surface area contributed by atoms with E-state index in [9.17, 15) is 4.79 Å². The second-order valence-electron chi connectivity index (χ2n) is 4.05. The summed E-state index contributed by atoms with van der Waals surface area (Å²) in [5, 5.41) is 9.71. The fraction of sp³-hybridized carbons (Fsp3) is 0.364. The van der Waals surface area contributed by atoms with E-state index >= 15 is 0 Å². The van der Waals surface area contributed by atoms with Crippen molar-refractivity contribution in [3.63, 3.8) is 0 Å². The lowest BCUT2D eigenvalue weighted by Crippen LogP contribution is -2.26. The number of amides is 1. The third kappa shape index (κ3) is 3.62. The molecule has 0 radical (unpaired) electrons. The molecule has 2 aromatic heterocycles. The minimum Gasteiger partial charge on any atom is -0.335 e. The fourth-order valence-corrected chi connectivity index (χ4v) is 3.08. The Kier molecular flexibility index (Phi) is 4.67. The molecule has 0 fully saturated rings. The van der Waals surface area contributed by atoms with E-state index in [0.717, 1.165) is 9.35 Å². The van der Waals surface area contributed by atoms with Crippen molar-refractivity contribution in [1.29, 1.82) is 0 Å². The number of carbonyl (C=O) groups excluding carboxylic acids is 1. The number of halogens is 1. The van der Waals surface area contributed by atoms with Crippen LogP contribution in [0.2, 0.25) is 0 Å². The molecule has 0 saturated carbocycles. The molecule has 2 N–H and O–H groups in total. The molecule has 0 aliphatic carbocycles. The smallest absolute Gasteiger partial charge is 0.276 e. The lowest BCUT2D eigenvalue weighted by molar-refractivity contribution is 0.0780. The van der Waals surface area contributed by atoms with E-state index in [1.54, 1.807) is 34.2 Å². The summed E-state index contributed by atoms with van der Waals surface area (Å²) < 4.78 is 2.60. The molecular weight excluding hydrogens is 330 g/mol. The van der Waals surface area contributed by atoms with Crippen LogP contribution in [-0.4, -0.2) is 39.4 Å². The Bertz CT molecular complexity index is 567. The molecule has 0 spiro atoms. The summed E-state index contributed by atoms with van der Waals surface area (Å²) in [7, 11) is 1.75. The van der Waals surface area contributed by atoms with Crippen molar-refractivity contribution in [2.75, 3.05) is 13.6 Å². The van der Waals surface area contributed by atoms with E-state index < -0.39 is 0 Å². The molecule has 0 aromatic carbocycles. The average Bonchev–Trinajstić information content (AvgIpc) is 2.98. The lowest BCUT2D eigenvalue weighted by atomic mass is 10.3. The predicted molar refractivity (Wildman–Crippen MR) is 76.9 cm³/mol. The van der Waals surface area contributed by atoms with Crippen LogP contribution < -0.4 is 5.73 Å². The molecule has 0 atom stereocenters. The van der Waals surface area contributed by atoms with Gasteiger partial charge in [0.15, 0.2) is 5.69 Å². The Hall–Kier alpha value is -1.25. The molecule has 2 rings (SSSR count). The number of aromatic nitrogens is 3. The fourth-order valence-electron chi connectivity index (χ4n) is 1.58. The van der Waals surface area contributed by atoms with Crippen molar-refractivity contribution in [2.24, 2.45) is 5.73 Å². The lowest BCUT2D eigenvalue weighted by Gasteiger charge is -2.14. The molecule has 6 nitrogen and oxygen atoms in total. The van der Waals surface area contributed by atoms with Gasteiger partial charge in [0, 0.05) is 28.3 Å². The number of rotatable bonds is 5. The molecule has 8 heteroatoms. The summed E-state index contributed by atoms with van der Waals surface area (Å²) in [6.07, 6.45) is 1.62. The highest BCUT2D eigenvalue weighted by Crippen LogP contribution is 2.21. The molecular formula is C11H14BrN5OS. The Balaban J connectivity index is 2.01. The highest BCUT2D eigenvalue weighted by atomic mass is 79.9. The first-order valence-electron chi connectivity index (χ1n) is 5.68. The van der Waals surface area contributed by atoms with E-state index in [1.807, 2.05) is 11.4 Å². The monoisotopic (exact) mass is 343 g/mol. The summed E-state index contributed by atoms with van der Waals surface area (Å²) in [5.74, 6) is -0.146. The molecule has 102 valence electrons. The van der Waals surface area contributed by atoms with Crippen LogP contribution in [0.3, 0.4) is 0 Å². The largest absolute Gasteiger partial charge is 0.335 e. The van der Waals surface area contributed by atoms with Crippen molar-refractivity contribution in [2.45, 2.75) is 13.1 Å². The third-order valence-electron chi connectivity index (χ3n) is 2.48. The van der Waals surface area contributed by atoms with Gasteiger partial charge in [0.1, 0.15) is 0 Å². The average molecular weight is 344 g/mol. The first kappa shape index (κ1) is 14.2. The van der Waals surface area contributed by atoms with Gasteiger partial charge in [-0.2, -0.15) is 0 Å². The Labute approximate surface area is 123 Å². The van der Waals surface area contributed by atoms with E-state index in [2.05, 4.69) is 26.2 Å². The quantitative estimate of drug-likeness (QED) is 0.888. The molecule has 0 aliphatic rings. The SMILES string of the molecule is CN(Cc1cc(Br)cs1)C(=O)c1cn(CCN)nn1. The molecule has 1 amide bonds. The maximum Gasteiger partial charge on any atom is 0.276 e. The van der Waals surface area contributed by atoms with Gasteiger partial charge in [-0.1, -0.05) is 5.21 Å². The van der Waals surface area contributed by atoms with Gasteiger partial charge in [0.25, 0.3) is 5.91 Å². The van der Waals surface area contributed by atoms with Crippen molar-refractivity contribution < 1.29 is 4.79 Å². The minimum absolute atomic E-state index is 0.146. The second kappa shape index (κ2) is 6.27. The summed E-state index contributed by atoms with van der Waals surface area (Å²) in [5.41, 5.74) is 5.76. The van der Waals surface area contributed by atoms with Gasteiger partial charge < -0.3 is 10.6 Å². The zero-order valence-corrected chi connectivity index (χ0v) is 12.8. The van der Waals surface area contributed by atoms with Crippen LogP contribution in [-0.2, 0) is 13.1 Å². The zero-order chi connectivity index (χ0) is 13.8. The first-order chi connectivity index (χ1) is 9.10. The molecule has 0 aliphatic heterocycles. The number of hydrogen-bond donors (Lipinski definition) is 1. The number of thiophene rings is 1. The van der Waals surface area contributed by atoms with Crippen molar-refractivity contribution in [1.82, 2.24) is 19.9 Å². The third-order valence-corrected chi connectivity index (χ3v) is 4.16. The Morgan fingerprint density at radius 1 is 1.63 bits per heavy atom. The minimum atomic E-state index is -0.146.